The zero-order valence-corrected chi connectivity index (χ0v) is 20.7. The summed E-state index contributed by atoms with van der Waals surface area (Å²) in [5.74, 6) is 2.37. The van der Waals surface area contributed by atoms with Crippen LogP contribution in [0.4, 0.5) is 0 Å². The second-order valence-electron chi connectivity index (χ2n) is 10.4. The summed E-state index contributed by atoms with van der Waals surface area (Å²) in [7, 11) is 0. The molecule has 1 nitrogen and oxygen atoms in total. The van der Waals surface area contributed by atoms with Crippen molar-refractivity contribution in [3.8, 4) is 5.75 Å². The van der Waals surface area contributed by atoms with Crippen molar-refractivity contribution in [1.29, 1.82) is 0 Å². The van der Waals surface area contributed by atoms with Crippen molar-refractivity contribution >= 4 is 0 Å². The van der Waals surface area contributed by atoms with Crippen LogP contribution in [0.1, 0.15) is 108 Å². The molecule has 2 unspecified atom stereocenters. The van der Waals surface area contributed by atoms with Crippen molar-refractivity contribution in [2.45, 2.75) is 103 Å². The predicted octanol–water partition coefficient (Wildman–Crippen LogP) is 9.36. The van der Waals surface area contributed by atoms with E-state index in [1.54, 1.807) is 0 Å². The molecular formula is C31H44O. The normalized spacial score (nSPS) is 19.0. The minimum atomic E-state index is 0.171. The maximum atomic E-state index is 6.56. The average molecular weight is 433 g/mol. The van der Waals surface area contributed by atoms with Crippen molar-refractivity contribution in [2.75, 3.05) is 0 Å². The summed E-state index contributed by atoms with van der Waals surface area (Å²) >= 11 is 0. The summed E-state index contributed by atoms with van der Waals surface area (Å²) in [4.78, 5) is 0. The van der Waals surface area contributed by atoms with E-state index in [-0.39, 0.29) is 5.41 Å². The maximum absolute atomic E-state index is 6.56. The Morgan fingerprint density at radius 2 is 1.78 bits per heavy atom. The first-order valence-corrected chi connectivity index (χ1v) is 13.0. The molecule has 1 aliphatic rings. The molecule has 0 N–H and O–H groups in total. The average Bonchev–Trinajstić information content (AvgIpc) is 2.82. The maximum Gasteiger partial charge on any atom is 0.123 e. The van der Waals surface area contributed by atoms with Crippen LogP contribution in [0.15, 0.2) is 61.2 Å². The third-order valence-electron chi connectivity index (χ3n) is 7.47. The largest absolute Gasteiger partial charge is 0.489 e. The molecule has 0 spiro atoms. The van der Waals surface area contributed by atoms with E-state index in [2.05, 4.69) is 82.0 Å². The van der Waals surface area contributed by atoms with Gasteiger partial charge in [0.2, 0.25) is 0 Å². The van der Waals surface area contributed by atoms with E-state index < -0.39 is 0 Å². The summed E-state index contributed by atoms with van der Waals surface area (Å²) in [5.41, 5.74) is 4.23. The lowest BCUT2D eigenvalue weighted by Gasteiger charge is -2.33. The van der Waals surface area contributed by atoms with Gasteiger partial charge in [-0.1, -0.05) is 108 Å². The Morgan fingerprint density at radius 1 is 1.00 bits per heavy atom. The molecule has 2 atom stereocenters. The molecule has 0 aliphatic heterocycles. The topological polar surface area (TPSA) is 9.23 Å². The fraction of sp³-hybridized carbons (Fsp3) is 0.548. The van der Waals surface area contributed by atoms with Crippen LogP contribution < -0.4 is 4.74 Å². The van der Waals surface area contributed by atoms with E-state index >= 15 is 0 Å². The fourth-order valence-corrected chi connectivity index (χ4v) is 5.37. The van der Waals surface area contributed by atoms with Gasteiger partial charge in [-0.3, -0.25) is 0 Å². The summed E-state index contributed by atoms with van der Waals surface area (Å²) in [6, 6.07) is 17.7. The second-order valence-corrected chi connectivity index (χ2v) is 10.4. The Kier molecular flexibility index (Phi) is 9.45. The van der Waals surface area contributed by atoms with E-state index in [0.717, 1.165) is 12.2 Å². The number of allylic oxidation sites excluding steroid dienone is 1. The highest BCUT2D eigenvalue weighted by molar-refractivity contribution is 5.43. The monoisotopic (exact) mass is 432 g/mol. The minimum Gasteiger partial charge on any atom is -0.489 e. The van der Waals surface area contributed by atoms with Gasteiger partial charge < -0.3 is 4.74 Å². The molecule has 1 heteroatoms. The predicted molar refractivity (Wildman–Crippen MR) is 139 cm³/mol. The van der Waals surface area contributed by atoms with Crippen LogP contribution in [0.2, 0.25) is 0 Å². The molecule has 2 aromatic rings. The number of hydrogen-bond acceptors (Lipinski definition) is 1. The van der Waals surface area contributed by atoms with Crippen LogP contribution in [0.5, 0.6) is 5.75 Å². The van der Waals surface area contributed by atoms with Crippen molar-refractivity contribution < 1.29 is 4.74 Å². The van der Waals surface area contributed by atoms with Gasteiger partial charge in [-0.05, 0) is 65.7 Å². The van der Waals surface area contributed by atoms with Crippen molar-refractivity contribution in [3.05, 3.63) is 77.9 Å². The molecule has 0 heterocycles. The van der Waals surface area contributed by atoms with Gasteiger partial charge in [-0.15, -0.1) is 6.58 Å². The number of ether oxygens (including phenoxy) is 1. The van der Waals surface area contributed by atoms with Crippen LogP contribution in [-0.2, 0) is 12.0 Å². The lowest BCUT2D eigenvalue weighted by Crippen LogP contribution is -2.20. The van der Waals surface area contributed by atoms with Crippen LogP contribution in [-0.4, -0.2) is 0 Å². The molecular weight excluding hydrogens is 388 g/mol. The van der Waals surface area contributed by atoms with Gasteiger partial charge in [-0.2, -0.15) is 0 Å². The number of hydrogen-bond donors (Lipinski definition) is 0. The highest BCUT2D eigenvalue weighted by Crippen LogP contribution is 2.44. The third kappa shape index (κ3) is 6.74. The fourth-order valence-electron chi connectivity index (χ4n) is 5.37. The molecule has 3 rings (SSSR count). The van der Waals surface area contributed by atoms with E-state index in [9.17, 15) is 0 Å². The van der Waals surface area contributed by atoms with Crippen LogP contribution in [0.3, 0.4) is 0 Å². The molecule has 32 heavy (non-hydrogen) atoms. The van der Waals surface area contributed by atoms with Gasteiger partial charge in [-0.25, -0.2) is 0 Å². The van der Waals surface area contributed by atoms with Crippen molar-refractivity contribution in [3.63, 3.8) is 0 Å². The summed E-state index contributed by atoms with van der Waals surface area (Å²) in [6.07, 6.45) is 14.9. The molecule has 174 valence electrons. The summed E-state index contributed by atoms with van der Waals surface area (Å²) < 4.78 is 6.56. The van der Waals surface area contributed by atoms with Gasteiger partial charge in [0.25, 0.3) is 0 Å². The van der Waals surface area contributed by atoms with Gasteiger partial charge in [0, 0.05) is 0 Å². The quantitative estimate of drug-likeness (QED) is 0.240. The van der Waals surface area contributed by atoms with E-state index in [1.807, 2.05) is 0 Å². The van der Waals surface area contributed by atoms with Gasteiger partial charge in [0.1, 0.15) is 12.4 Å². The molecule has 0 amide bonds. The molecule has 0 aromatic heterocycles. The Labute approximate surface area is 197 Å². The summed E-state index contributed by atoms with van der Waals surface area (Å²) in [5, 5.41) is 0. The molecule has 0 bridgehead atoms. The lowest BCUT2D eigenvalue weighted by molar-refractivity contribution is 0.274. The standard InChI is InChI=1S/C31H44O/c1-5-7-8-14-22-31(3,4)27-20-21-29(28-19-13-12-18-26(28)15-6-2)30(23-27)32-24-25-16-10-9-11-17-25/h6,9-11,16-17,20-21,23,26,28H,2,5,7-8,12-15,18-19,22,24H2,1,3-4H3. The van der Waals surface area contributed by atoms with Crippen LogP contribution >= 0.6 is 0 Å². The lowest BCUT2D eigenvalue weighted by atomic mass is 9.72. The molecule has 0 radical (unpaired) electrons. The Balaban J connectivity index is 1.86. The SMILES string of the molecule is C=CCC1CCCCC1c1ccc(C(C)(C)CCCCCC)cc1OCc1ccccc1. The first-order valence-electron chi connectivity index (χ1n) is 13.0. The highest BCUT2D eigenvalue weighted by Gasteiger charge is 2.29. The number of rotatable bonds is 12. The number of benzene rings is 2. The molecule has 1 aliphatic carbocycles. The van der Waals surface area contributed by atoms with Crippen LogP contribution in [0.25, 0.3) is 0 Å². The Bertz CT molecular complexity index is 820. The molecule has 0 saturated heterocycles. The first-order chi connectivity index (χ1) is 15.5. The molecule has 1 saturated carbocycles. The van der Waals surface area contributed by atoms with E-state index in [1.165, 1.54) is 74.5 Å². The smallest absolute Gasteiger partial charge is 0.123 e. The first kappa shape index (κ1) is 24.6. The Hall–Kier alpha value is -2.02. The molecule has 2 aromatic carbocycles. The van der Waals surface area contributed by atoms with E-state index in [4.69, 9.17) is 4.74 Å². The van der Waals surface area contributed by atoms with Gasteiger partial charge in [0.05, 0.1) is 0 Å². The van der Waals surface area contributed by atoms with Gasteiger partial charge >= 0.3 is 0 Å². The Morgan fingerprint density at radius 3 is 2.53 bits per heavy atom. The number of unbranched alkanes of at least 4 members (excludes halogenated alkanes) is 3. The summed E-state index contributed by atoms with van der Waals surface area (Å²) in [6.45, 7) is 11.8. The van der Waals surface area contributed by atoms with Gasteiger partial charge in [0.15, 0.2) is 0 Å². The third-order valence-corrected chi connectivity index (χ3v) is 7.47. The minimum absolute atomic E-state index is 0.171. The van der Waals surface area contributed by atoms with Crippen molar-refractivity contribution in [2.24, 2.45) is 5.92 Å². The highest BCUT2D eigenvalue weighted by atomic mass is 16.5. The van der Waals surface area contributed by atoms with E-state index in [0.29, 0.717) is 18.4 Å². The molecule has 1 fully saturated rings. The van der Waals surface area contributed by atoms with Crippen LogP contribution in [0, 0.1) is 5.92 Å². The zero-order valence-electron chi connectivity index (χ0n) is 20.7. The van der Waals surface area contributed by atoms with Crippen molar-refractivity contribution in [1.82, 2.24) is 0 Å². The second kappa shape index (κ2) is 12.3. The zero-order chi connectivity index (χ0) is 22.8.